The fraction of sp³-hybridized carbons (Fsp3) is 0.462. The molecule has 0 aliphatic carbocycles. The number of hydrogen-bond acceptors (Lipinski definition) is 3. The molecule has 0 aliphatic rings. The minimum atomic E-state index is -0.262. The van der Waals surface area contributed by atoms with Crippen molar-refractivity contribution in [2.45, 2.75) is 33.4 Å². The molecule has 0 saturated carbocycles. The molecule has 0 bridgehead atoms. The summed E-state index contributed by atoms with van der Waals surface area (Å²) in [5.74, 6) is -0.262. The van der Waals surface area contributed by atoms with Gasteiger partial charge in [0.25, 0.3) is 0 Å². The molecule has 0 radical (unpaired) electrons. The topological polar surface area (TPSA) is 47.2 Å². The number of benzene rings is 1. The van der Waals surface area contributed by atoms with Crippen LogP contribution in [0.3, 0.4) is 0 Å². The van der Waals surface area contributed by atoms with Gasteiger partial charge in [0.1, 0.15) is 0 Å². The smallest absolute Gasteiger partial charge is 0.408 e. The molecule has 2 aromatic rings. The van der Waals surface area contributed by atoms with Crippen molar-refractivity contribution in [1.29, 1.82) is 0 Å². The van der Waals surface area contributed by atoms with Gasteiger partial charge in [-0.15, -0.1) is 0 Å². The summed E-state index contributed by atoms with van der Waals surface area (Å²) in [5.41, 5.74) is 2.70. The zero-order chi connectivity index (χ0) is 12.3. The standard InChI is InChI=1S/C13H18N2O2/c1-3-7-15-11-6-5-10(9-14-4-2)8-12(11)17-13(15)16/h5-6,8,14H,3-4,7,9H2,1-2H3. The fourth-order valence-electron chi connectivity index (χ4n) is 1.93. The van der Waals surface area contributed by atoms with E-state index in [0.717, 1.165) is 30.6 Å². The van der Waals surface area contributed by atoms with E-state index in [9.17, 15) is 4.79 Å². The van der Waals surface area contributed by atoms with Crippen molar-refractivity contribution < 1.29 is 4.42 Å². The van der Waals surface area contributed by atoms with E-state index in [1.54, 1.807) is 4.57 Å². The van der Waals surface area contributed by atoms with Crippen LogP contribution < -0.4 is 11.1 Å². The molecular weight excluding hydrogens is 216 g/mol. The number of nitrogens with one attached hydrogen (secondary N) is 1. The number of rotatable bonds is 5. The first-order valence-electron chi connectivity index (χ1n) is 6.09. The van der Waals surface area contributed by atoms with E-state index >= 15 is 0 Å². The number of aryl methyl sites for hydroxylation is 1. The minimum absolute atomic E-state index is 0.262. The van der Waals surface area contributed by atoms with Gasteiger partial charge in [0.05, 0.1) is 5.52 Å². The molecular formula is C13H18N2O2. The average Bonchev–Trinajstić information content (AvgIpc) is 2.63. The summed E-state index contributed by atoms with van der Waals surface area (Å²) in [6, 6.07) is 5.93. The third-order valence-corrected chi connectivity index (χ3v) is 2.76. The lowest BCUT2D eigenvalue weighted by Crippen LogP contribution is -2.13. The Kier molecular flexibility index (Phi) is 3.64. The van der Waals surface area contributed by atoms with Gasteiger partial charge in [-0.05, 0) is 30.7 Å². The normalized spacial score (nSPS) is 11.2. The Morgan fingerprint density at radius 3 is 2.88 bits per heavy atom. The second-order valence-electron chi connectivity index (χ2n) is 4.10. The molecule has 1 aromatic carbocycles. The Morgan fingerprint density at radius 1 is 1.35 bits per heavy atom. The molecule has 1 aromatic heterocycles. The average molecular weight is 234 g/mol. The molecule has 1 heterocycles. The number of hydrogen-bond donors (Lipinski definition) is 1. The van der Waals surface area contributed by atoms with E-state index in [1.807, 2.05) is 25.1 Å². The fourth-order valence-corrected chi connectivity index (χ4v) is 1.93. The molecule has 4 nitrogen and oxygen atoms in total. The van der Waals surface area contributed by atoms with E-state index in [-0.39, 0.29) is 5.76 Å². The van der Waals surface area contributed by atoms with Gasteiger partial charge in [0, 0.05) is 13.1 Å². The molecule has 0 amide bonds. The van der Waals surface area contributed by atoms with Crippen LogP contribution in [-0.4, -0.2) is 11.1 Å². The highest BCUT2D eigenvalue weighted by atomic mass is 16.4. The summed E-state index contributed by atoms with van der Waals surface area (Å²) < 4.78 is 6.94. The zero-order valence-corrected chi connectivity index (χ0v) is 10.3. The Morgan fingerprint density at radius 2 is 2.18 bits per heavy atom. The first kappa shape index (κ1) is 11.9. The van der Waals surface area contributed by atoms with Crippen LogP contribution in [0.5, 0.6) is 0 Å². The van der Waals surface area contributed by atoms with Gasteiger partial charge < -0.3 is 9.73 Å². The van der Waals surface area contributed by atoms with Crippen LogP contribution >= 0.6 is 0 Å². The lowest BCUT2D eigenvalue weighted by atomic mass is 10.2. The number of nitrogens with zero attached hydrogens (tertiary/aromatic N) is 1. The van der Waals surface area contributed by atoms with Crippen molar-refractivity contribution in [2.24, 2.45) is 0 Å². The molecule has 4 heteroatoms. The Bertz CT molecular complexity index is 554. The largest absolute Gasteiger partial charge is 0.419 e. The first-order valence-corrected chi connectivity index (χ1v) is 6.09. The zero-order valence-electron chi connectivity index (χ0n) is 10.3. The maximum absolute atomic E-state index is 11.6. The molecule has 1 N–H and O–H groups in total. The lowest BCUT2D eigenvalue weighted by molar-refractivity contribution is 0.502. The highest BCUT2D eigenvalue weighted by molar-refractivity contribution is 5.73. The van der Waals surface area contributed by atoms with Crippen molar-refractivity contribution in [1.82, 2.24) is 9.88 Å². The molecule has 0 fully saturated rings. The molecule has 0 spiro atoms. The third kappa shape index (κ3) is 2.42. The van der Waals surface area contributed by atoms with Crippen LogP contribution in [0.15, 0.2) is 27.4 Å². The van der Waals surface area contributed by atoms with E-state index in [1.165, 1.54) is 0 Å². The van der Waals surface area contributed by atoms with Gasteiger partial charge in [0.15, 0.2) is 5.58 Å². The van der Waals surface area contributed by atoms with Crippen LogP contribution in [-0.2, 0) is 13.1 Å². The molecule has 92 valence electrons. The quantitative estimate of drug-likeness (QED) is 0.862. The third-order valence-electron chi connectivity index (χ3n) is 2.76. The minimum Gasteiger partial charge on any atom is -0.408 e. The highest BCUT2D eigenvalue weighted by Crippen LogP contribution is 2.15. The summed E-state index contributed by atoms with van der Waals surface area (Å²) in [4.78, 5) is 11.6. The van der Waals surface area contributed by atoms with Gasteiger partial charge in [-0.25, -0.2) is 4.79 Å². The highest BCUT2D eigenvalue weighted by Gasteiger charge is 2.08. The van der Waals surface area contributed by atoms with Crippen molar-refractivity contribution in [2.75, 3.05) is 6.54 Å². The maximum Gasteiger partial charge on any atom is 0.419 e. The molecule has 0 saturated heterocycles. The SMILES string of the molecule is CCCn1c(=O)oc2cc(CNCC)ccc21. The Labute approximate surface area is 100 Å². The summed E-state index contributed by atoms with van der Waals surface area (Å²) >= 11 is 0. The molecule has 0 unspecified atom stereocenters. The molecule has 2 rings (SSSR count). The second-order valence-corrected chi connectivity index (χ2v) is 4.10. The second kappa shape index (κ2) is 5.19. The van der Waals surface area contributed by atoms with Crippen LogP contribution in [0.1, 0.15) is 25.8 Å². The summed E-state index contributed by atoms with van der Waals surface area (Å²) in [6.07, 6.45) is 0.924. The van der Waals surface area contributed by atoms with Gasteiger partial charge in [-0.3, -0.25) is 4.57 Å². The van der Waals surface area contributed by atoms with E-state index in [4.69, 9.17) is 4.42 Å². The van der Waals surface area contributed by atoms with Crippen molar-refractivity contribution >= 4 is 11.1 Å². The summed E-state index contributed by atoms with van der Waals surface area (Å²) in [6.45, 7) is 6.55. The van der Waals surface area contributed by atoms with E-state index in [2.05, 4.69) is 12.2 Å². The molecule has 17 heavy (non-hydrogen) atoms. The maximum atomic E-state index is 11.6. The van der Waals surface area contributed by atoms with E-state index in [0.29, 0.717) is 12.1 Å². The predicted molar refractivity (Wildman–Crippen MR) is 68.1 cm³/mol. The molecule has 0 atom stereocenters. The molecule has 0 aliphatic heterocycles. The van der Waals surface area contributed by atoms with Gasteiger partial charge >= 0.3 is 5.76 Å². The van der Waals surface area contributed by atoms with Crippen molar-refractivity contribution in [3.63, 3.8) is 0 Å². The van der Waals surface area contributed by atoms with Crippen LogP contribution in [0.25, 0.3) is 11.1 Å². The first-order chi connectivity index (χ1) is 8.26. The van der Waals surface area contributed by atoms with Crippen molar-refractivity contribution in [3.8, 4) is 0 Å². The van der Waals surface area contributed by atoms with Gasteiger partial charge in [-0.1, -0.05) is 19.9 Å². The summed E-state index contributed by atoms with van der Waals surface area (Å²) in [5, 5.41) is 3.25. The monoisotopic (exact) mass is 234 g/mol. The van der Waals surface area contributed by atoms with Crippen LogP contribution in [0, 0.1) is 0 Å². The van der Waals surface area contributed by atoms with Crippen molar-refractivity contribution in [3.05, 3.63) is 34.3 Å². The number of fused-ring (bicyclic) bond motifs is 1. The summed E-state index contributed by atoms with van der Waals surface area (Å²) in [7, 11) is 0. The lowest BCUT2D eigenvalue weighted by Gasteiger charge is -2.02. The Balaban J connectivity index is 2.39. The number of aromatic nitrogens is 1. The number of oxazole rings is 1. The Hall–Kier alpha value is -1.55. The van der Waals surface area contributed by atoms with Gasteiger partial charge in [0.2, 0.25) is 0 Å². The van der Waals surface area contributed by atoms with E-state index < -0.39 is 0 Å². The predicted octanol–water partition coefficient (Wildman–Crippen LogP) is 2.11. The van der Waals surface area contributed by atoms with Crippen LogP contribution in [0.4, 0.5) is 0 Å². The van der Waals surface area contributed by atoms with Gasteiger partial charge in [-0.2, -0.15) is 0 Å². The van der Waals surface area contributed by atoms with Crippen LogP contribution in [0.2, 0.25) is 0 Å².